The van der Waals surface area contributed by atoms with Gasteiger partial charge < -0.3 is 15.4 Å². The van der Waals surface area contributed by atoms with Crippen LogP contribution in [0, 0.1) is 0 Å². The summed E-state index contributed by atoms with van der Waals surface area (Å²) < 4.78 is 6.20. The zero-order valence-corrected chi connectivity index (χ0v) is 12.9. The van der Waals surface area contributed by atoms with E-state index in [1.54, 1.807) is 11.1 Å². The summed E-state index contributed by atoms with van der Waals surface area (Å²) in [5.41, 5.74) is 6.76. The molecule has 1 aliphatic heterocycles. The van der Waals surface area contributed by atoms with Gasteiger partial charge in [0, 0.05) is 23.5 Å². The molecule has 1 amide bonds. The van der Waals surface area contributed by atoms with Gasteiger partial charge in [-0.15, -0.1) is 0 Å². The molecule has 1 fully saturated rings. The van der Waals surface area contributed by atoms with Crippen LogP contribution in [-0.4, -0.2) is 34.7 Å². The zero-order chi connectivity index (χ0) is 14.2. The first-order chi connectivity index (χ1) is 8.76. The van der Waals surface area contributed by atoms with Crippen LogP contribution in [0.2, 0.25) is 0 Å². The number of pyridine rings is 1. The number of amides is 1. The quantitative estimate of drug-likeness (QED) is 0.861. The van der Waals surface area contributed by atoms with Gasteiger partial charge in [0.2, 0.25) is 0 Å². The first kappa shape index (κ1) is 14.1. The number of hydrogen-bond donors (Lipinski definition) is 1. The molecule has 0 atom stereocenters. The highest BCUT2D eigenvalue weighted by molar-refractivity contribution is 9.10. The van der Waals surface area contributed by atoms with Crippen LogP contribution in [0.15, 0.2) is 16.7 Å². The SMILES string of the molecule is CC(C)(C)OC(=O)N1CC(c2ncc(N)cc2Br)C1. The highest BCUT2D eigenvalue weighted by Crippen LogP contribution is 2.32. The van der Waals surface area contributed by atoms with Crippen molar-refractivity contribution in [1.29, 1.82) is 0 Å². The van der Waals surface area contributed by atoms with E-state index in [2.05, 4.69) is 20.9 Å². The number of nitrogens with two attached hydrogens (primary N) is 1. The van der Waals surface area contributed by atoms with E-state index in [1.807, 2.05) is 26.8 Å². The monoisotopic (exact) mass is 327 g/mol. The van der Waals surface area contributed by atoms with Crippen LogP contribution < -0.4 is 5.73 Å². The van der Waals surface area contributed by atoms with E-state index in [0.29, 0.717) is 18.8 Å². The van der Waals surface area contributed by atoms with Crippen molar-refractivity contribution in [2.45, 2.75) is 32.3 Å². The van der Waals surface area contributed by atoms with Gasteiger partial charge in [0.15, 0.2) is 0 Å². The smallest absolute Gasteiger partial charge is 0.410 e. The summed E-state index contributed by atoms with van der Waals surface area (Å²) in [6.07, 6.45) is 1.37. The number of rotatable bonds is 1. The highest BCUT2D eigenvalue weighted by atomic mass is 79.9. The van der Waals surface area contributed by atoms with Crippen molar-refractivity contribution in [2.75, 3.05) is 18.8 Å². The Kier molecular flexibility index (Phi) is 3.71. The van der Waals surface area contributed by atoms with E-state index in [9.17, 15) is 4.79 Å². The molecule has 19 heavy (non-hydrogen) atoms. The first-order valence-electron chi connectivity index (χ1n) is 6.15. The molecule has 0 spiro atoms. The lowest BCUT2D eigenvalue weighted by atomic mass is 9.96. The molecule has 0 saturated carbocycles. The summed E-state index contributed by atoms with van der Waals surface area (Å²) in [4.78, 5) is 17.8. The van der Waals surface area contributed by atoms with Crippen molar-refractivity contribution in [3.63, 3.8) is 0 Å². The van der Waals surface area contributed by atoms with Gasteiger partial charge in [-0.05, 0) is 42.8 Å². The molecule has 1 aromatic rings. The van der Waals surface area contributed by atoms with E-state index in [0.717, 1.165) is 10.2 Å². The Morgan fingerprint density at radius 3 is 2.68 bits per heavy atom. The average molecular weight is 328 g/mol. The molecule has 6 heteroatoms. The molecule has 0 aromatic carbocycles. The van der Waals surface area contributed by atoms with E-state index in [4.69, 9.17) is 10.5 Å². The lowest BCUT2D eigenvalue weighted by Gasteiger charge is -2.39. The number of likely N-dealkylation sites (tertiary alicyclic amines) is 1. The molecular formula is C13H18BrN3O2. The molecule has 1 saturated heterocycles. The Morgan fingerprint density at radius 1 is 1.53 bits per heavy atom. The summed E-state index contributed by atoms with van der Waals surface area (Å²) in [5, 5.41) is 0. The molecule has 1 aliphatic rings. The van der Waals surface area contributed by atoms with Crippen LogP contribution in [0.25, 0.3) is 0 Å². The fourth-order valence-corrected chi connectivity index (χ4v) is 2.58. The molecule has 104 valence electrons. The van der Waals surface area contributed by atoms with E-state index in [1.165, 1.54) is 0 Å². The molecule has 2 N–H and O–H groups in total. The van der Waals surface area contributed by atoms with Gasteiger partial charge in [0.05, 0.1) is 17.6 Å². The van der Waals surface area contributed by atoms with Gasteiger partial charge in [-0.2, -0.15) is 0 Å². The summed E-state index contributed by atoms with van der Waals surface area (Å²) in [6, 6.07) is 1.83. The zero-order valence-electron chi connectivity index (χ0n) is 11.3. The molecule has 2 heterocycles. The molecule has 0 radical (unpaired) electrons. The molecule has 1 aromatic heterocycles. The Balaban J connectivity index is 1.94. The predicted octanol–water partition coefficient (Wildman–Crippen LogP) is 2.76. The predicted molar refractivity (Wildman–Crippen MR) is 76.9 cm³/mol. The largest absolute Gasteiger partial charge is 0.444 e. The molecular weight excluding hydrogens is 310 g/mol. The Morgan fingerprint density at radius 2 is 2.16 bits per heavy atom. The second kappa shape index (κ2) is 5.00. The van der Waals surface area contributed by atoms with Crippen molar-refractivity contribution in [1.82, 2.24) is 9.88 Å². The third-order valence-electron chi connectivity index (χ3n) is 2.81. The Hall–Kier alpha value is -1.30. The summed E-state index contributed by atoms with van der Waals surface area (Å²) >= 11 is 3.45. The standard InChI is InChI=1S/C13H18BrN3O2/c1-13(2,3)19-12(18)17-6-8(7-17)11-10(14)4-9(15)5-16-11/h4-5,8H,6-7,15H2,1-3H3. The van der Waals surface area contributed by atoms with Crippen LogP contribution in [0.1, 0.15) is 32.4 Å². The maximum absolute atomic E-state index is 11.8. The van der Waals surface area contributed by atoms with Crippen LogP contribution in [0.5, 0.6) is 0 Å². The molecule has 0 unspecified atom stereocenters. The number of carbonyl (C=O) groups excluding carboxylic acids is 1. The fourth-order valence-electron chi connectivity index (χ4n) is 1.89. The van der Waals surface area contributed by atoms with E-state index >= 15 is 0 Å². The van der Waals surface area contributed by atoms with Crippen molar-refractivity contribution < 1.29 is 9.53 Å². The number of hydrogen-bond acceptors (Lipinski definition) is 4. The van der Waals surface area contributed by atoms with Gasteiger partial charge in [0.1, 0.15) is 5.60 Å². The molecule has 0 aliphatic carbocycles. The van der Waals surface area contributed by atoms with Crippen molar-refractivity contribution >= 4 is 27.7 Å². The van der Waals surface area contributed by atoms with Gasteiger partial charge >= 0.3 is 6.09 Å². The van der Waals surface area contributed by atoms with Gasteiger partial charge in [-0.25, -0.2) is 4.79 Å². The van der Waals surface area contributed by atoms with Crippen molar-refractivity contribution in [3.8, 4) is 0 Å². The van der Waals surface area contributed by atoms with Crippen molar-refractivity contribution in [2.24, 2.45) is 0 Å². The van der Waals surface area contributed by atoms with Crippen molar-refractivity contribution in [3.05, 3.63) is 22.4 Å². The third kappa shape index (κ3) is 3.37. The van der Waals surface area contributed by atoms with E-state index in [-0.39, 0.29) is 12.0 Å². The Labute approximate surface area is 121 Å². The lowest BCUT2D eigenvalue weighted by molar-refractivity contribution is 0.00782. The Bertz CT molecular complexity index is 493. The number of aromatic nitrogens is 1. The first-order valence-corrected chi connectivity index (χ1v) is 6.94. The minimum atomic E-state index is -0.456. The fraction of sp³-hybridized carbons (Fsp3) is 0.538. The lowest BCUT2D eigenvalue weighted by Crippen LogP contribution is -2.50. The van der Waals surface area contributed by atoms with Gasteiger partial charge in [-0.1, -0.05) is 0 Å². The van der Waals surface area contributed by atoms with Crippen LogP contribution in [0.4, 0.5) is 10.5 Å². The summed E-state index contributed by atoms with van der Waals surface area (Å²) in [7, 11) is 0. The van der Waals surface area contributed by atoms with E-state index < -0.39 is 5.60 Å². The number of nitrogen functional groups attached to an aromatic ring is 1. The van der Waals surface area contributed by atoms with Gasteiger partial charge in [-0.3, -0.25) is 4.98 Å². The molecule has 0 bridgehead atoms. The molecule has 5 nitrogen and oxygen atoms in total. The number of anilines is 1. The minimum Gasteiger partial charge on any atom is -0.444 e. The van der Waals surface area contributed by atoms with Crippen LogP contribution >= 0.6 is 15.9 Å². The second-order valence-electron chi connectivity index (χ2n) is 5.72. The third-order valence-corrected chi connectivity index (χ3v) is 3.45. The maximum Gasteiger partial charge on any atom is 0.410 e. The maximum atomic E-state index is 11.8. The van der Waals surface area contributed by atoms with Crippen LogP contribution in [0.3, 0.4) is 0 Å². The average Bonchev–Trinajstić information content (AvgIpc) is 2.16. The summed E-state index contributed by atoms with van der Waals surface area (Å²) in [5.74, 6) is 0.238. The minimum absolute atomic E-state index is 0.238. The number of carbonyl (C=O) groups is 1. The number of halogens is 1. The normalized spacial score (nSPS) is 16.1. The highest BCUT2D eigenvalue weighted by Gasteiger charge is 2.36. The number of ether oxygens (including phenoxy) is 1. The molecule has 2 rings (SSSR count). The van der Waals surface area contributed by atoms with Gasteiger partial charge in [0.25, 0.3) is 0 Å². The van der Waals surface area contributed by atoms with Crippen LogP contribution in [-0.2, 0) is 4.74 Å². The summed E-state index contributed by atoms with van der Waals surface area (Å²) in [6.45, 7) is 6.84. The second-order valence-corrected chi connectivity index (χ2v) is 6.57. The topological polar surface area (TPSA) is 68.5 Å². The number of nitrogens with zero attached hydrogens (tertiary/aromatic N) is 2.